The van der Waals surface area contributed by atoms with Gasteiger partial charge in [0.2, 0.25) is 5.89 Å². The van der Waals surface area contributed by atoms with Crippen LogP contribution in [0.3, 0.4) is 0 Å². The van der Waals surface area contributed by atoms with Gasteiger partial charge in [0.15, 0.2) is 0 Å². The highest BCUT2D eigenvalue weighted by Gasteiger charge is 2.27. The molecule has 0 amide bonds. The van der Waals surface area contributed by atoms with E-state index in [9.17, 15) is 4.39 Å². The maximum Gasteiger partial charge on any atom is 0.265 e. The van der Waals surface area contributed by atoms with Crippen molar-refractivity contribution >= 4 is 22.7 Å². The van der Waals surface area contributed by atoms with Crippen LogP contribution >= 0.6 is 0 Å². The highest BCUT2D eigenvalue weighted by Crippen LogP contribution is 2.32. The quantitative estimate of drug-likeness (QED) is 0.724. The van der Waals surface area contributed by atoms with Crippen LogP contribution < -0.4 is 9.80 Å². The summed E-state index contributed by atoms with van der Waals surface area (Å²) in [6.45, 7) is 1.60. The molecule has 0 atom stereocenters. The Morgan fingerprint density at radius 1 is 1.20 bits per heavy atom. The van der Waals surface area contributed by atoms with Crippen molar-refractivity contribution in [1.29, 1.82) is 0 Å². The molecule has 2 aromatic heterocycles. The van der Waals surface area contributed by atoms with Gasteiger partial charge in [-0.05, 0) is 30.1 Å². The van der Waals surface area contributed by atoms with E-state index in [1.807, 2.05) is 25.1 Å². The van der Waals surface area contributed by atoms with Gasteiger partial charge in [0, 0.05) is 38.5 Å². The van der Waals surface area contributed by atoms with E-state index < -0.39 is 0 Å². The Hall–Kier alpha value is -2.77. The van der Waals surface area contributed by atoms with Crippen molar-refractivity contribution in [3.8, 4) is 0 Å². The van der Waals surface area contributed by atoms with Crippen LogP contribution in [0.4, 0.5) is 16.2 Å². The minimum atomic E-state index is -0.321. The van der Waals surface area contributed by atoms with Crippen molar-refractivity contribution in [3.63, 3.8) is 0 Å². The molecular formula is C17H19FN6O. The van der Waals surface area contributed by atoms with Gasteiger partial charge in [0.05, 0.1) is 0 Å². The Morgan fingerprint density at radius 3 is 2.72 bits per heavy atom. The molecule has 0 bridgehead atoms. The summed E-state index contributed by atoms with van der Waals surface area (Å²) in [6.07, 6.45) is 3.19. The third kappa shape index (κ3) is 2.88. The van der Waals surface area contributed by atoms with Crippen LogP contribution in [0.1, 0.15) is 24.7 Å². The number of nitrogens with zero attached hydrogens (tertiary/aromatic N) is 6. The normalized spacial score (nSPS) is 15.7. The molecule has 0 N–H and O–H groups in total. The largest absolute Gasteiger partial charge is 0.356 e. The van der Waals surface area contributed by atoms with Gasteiger partial charge in [-0.15, -0.1) is 0 Å². The fraction of sp³-hybridized carbons (Fsp3) is 0.412. The van der Waals surface area contributed by atoms with Gasteiger partial charge in [-0.2, -0.15) is 4.98 Å². The Bertz CT molecular complexity index is 888. The van der Waals surface area contributed by atoms with E-state index in [4.69, 9.17) is 4.52 Å². The second-order valence-corrected chi connectivity index (χ2v) is 6.42. The molecule has 0 aliphatic carbocycles. The van der Waals surface area contributed by atoms with E-state index in [1.165, 1.54) is 12.4 Å². The second-order valence-electron chi connectivity index (χ2n) is 6.42. The third-order valence-corrected chi connectivity index (χ3v) is 4.57. The van der Waals surface area contributed by atoms with E-state index in [0.29, 0.717) is 17.4 Å². The Kier molecular flexibility index (Phi) is 3.95. The molecule has 130 valence electrons. The fourth-order valence-electron chi connectivity index (χ4n) is 3.20. The lowest BCUT2D eigenvalue weighted by Crippen LogP contribution is -2.33. The predicted octanol–water partition coefficient (Wildman–Crippen LogP) is 2.60. The van der Waals surface area contributed by atoms with E-state index in [2.05, 4.69) is 25.0 Å². The zero-order valence-electron chi connectivity index (χ0n) is 14.2. The van der Waals surface area contributed by atoms with Crippen LogP contribution in [-0.4, -0.2) is 47.3 Å². The molecule has 0 radical (unpaired) electrons. The van der Waals surface area contributed by atoms with Crippen molar-refractivity contribution in [2.45, 2.75) is 18.8 Å². The topological polar surface area (TPSA) is 71.2 Å². The molecule has 1 aliphatic rings. The average molecular weight is 342 g/mol. The molecule has 7 nitrogen and oxygen atoms in total. The predicted molar refractivity (Wildman–Crippen MR) is 92.3 cm³/mol. The highest BCUT2D eigenvalue weighted by atomic mass is 19.1. The van der Waals surface area contributed by atoms with Gasteiger partial charge < -0.3 is 14.3 Å². The van der Waals surface area contributed by atoms with Crippen LogP contribution in [0.2, 0.25) is 0 Å². The fourth-order valence-corrected chi connectivity index (χ4v) is 3.20. The van der Waals surface area contributed by atoms with Crippen LogP contribution in [-0.2, 0) is 0 Å². The molecule has 1 saturated heterocycles. The molecule has 3 aromatic rings. The van der Waals surface area contributed by atoms with Crippen LogP contribution in [0, 0.1) is 5.82 Å². The van der Waals surface area contributed by atoms with E-state index in [0.717, 1.165) is 37.1 Å². The van der Waals surface area contributed by atoms with Crippen molar-refractivity contribution in [3.05, 3.63) is 36.2 Å². The number of benzene rings is 1. The van der Waals surface area contributed by atoms with E-state index >= 15 is 0 Å². The minimum Gasteiger partial charge on any atom is -0.356 e. The molecule has 25 heavy (non-hydrogen) atoms. The molecular weight excluding hydrogens is 323 g/mol. The Balaban J connectivity index is 1.53. The van der Waals surface area contributed by atoms with Gasteiger partial charge in [-0.25, -0.2) is 14.4 Å². The Morgan fingerprint density at radius 2 is 2.00 bits per heavy atom. The number of aromatic nitrogens is 4. The van der Waals surface area contributed by atoms with E-state index in [1.54, 1.807) is 6.07 Å². The number of halogens is 1. The number of rotatable bonds is 3. The minimum absolute atomic E-state index is 0.238. The summed E-state index contributed by atoms with van der Waals surface area (Å²) in [5.74, 6) is 1.97. The van der Waals surface area contributed by atoms with Gasteiger partial charge >= 0.3 is 0 Å². The lowest BCUT2D eigenvalue weighted by molar-refractivity contribution is 0.329. The molecule has 1 aromatic carbocycles. The van der Waals surface area contributed by atoms with Crippen molar-refractivity contribution < 1.29 is 8.91 Å². The molecule has 1 aliphatic heterocycles. The lowest BCUT2D eigenvalue weighted by atomic mass is 9.96. The maximum atomic E-state index is 13.9. The third-order valence-electron chi connectivity index (χ3n) is 4.57. The van der Waals surface area contributed by atoms with Crippen molar-refractivity contribution in [2.24, 2.45) is 0 Å². The molecule has 3 heterocycles. The number of para-hydroxylation sites is 1. The summed E-state index contributed by atoms with van der Waals surface area (Å²) in [7, 11) is 3.77. The zero-order chi connectivity index (χ0) is 17.4. The standard InChI is InChI=1S/C17H19FN6O/c1-23(2)17-21-16(25-22-17)11-6-8-24(9-7-11)15-12-4-3-5-13(18)14(12)19-10-20-15/h3-5,10-11H,6-9H2,1-2H3. The summed E-state index contributed by atoms with van der Waals surface area (Å²) >= 11 is 0. The van der Waals surface area contributed by atoms with Gasteiger partial charge in [0.25, 0.3) is 5.95 Å². The summed E-state index contributed by atoms with van der Waals surface area (Å²) in [5, 5.41) is 4.73. The summed E-state index contributed by atoms with van der Waals surface area (Å²) < 4.78 is 19.3. The second kappa shape index (κ2) is 6.27. The number of anilines is 2. The van der Waals surface area contributed by atoms with Crippen LogP contribution in [0.5, 0.6) is 0 Å². The maximum absolute atomic E-state index is 13.9. The Labute approximate surface area is 144 Å². The van der Waals surface area contributed by atoms with Crippen molar-refractivity contribution in [2.75, 3.05) is 37.0 Å². The molecule has 0 spiro atoms. The number of hydrogen-bond acceptors (Lipinski definition) is 7. The van der Waals surface area contributed by atoms with Crippen LogP contribution in [0.15, 0.2) is 29.0 Å². The lowest BCUT2D eigenvalue weighted by Gasteiger charge is -2.31. The summed E-state index contributed by atoms with van der Waals surface area (Å²) in [6, 6.07) is 4.98. The first kappa shape index (κ1) is 15.7. The summed E-state index contributed by atoms with van der Waals surface area (Å²) in [5.41, 5.74) is 0.363. The van der Waals surface area contributed by atoms with Crippen LogP contribution in [0.25, 0.3) is 10.9 Å². The molecule has 8 heteroatoms. The smallest absolute Gasteiger partial charge is 0.265 e. The molecule has 0 unspecified atom stereocenters. The average Bonchev–Trinajstić information content (AvgIpc) is 3.12. The van der Waals surface area contributed by atoms with Gasteiger partial charge in [-0.1, -0.05) is 6.07 Å². The molecule has 0 saturated carbocycles. The first-order valence-electron chi connectivity index (χ1n) is 8.28. The SMILES string of the molecule is CN(C)c1noc(C2CCN(c3ncnc4c(F)cccc34)CC2)n1. The number of piperidine rings is 1. The highest BCUT2D eigenvalue weighted by molar-refractivity contribution is 5.89. The summed E-state index contributed by atoms with van der Waals surface area (Å²) in [4.78, 5) is 16.9. The first-order valence-corrected chi connectivity index (χ1v) is 8.28. The monoisotopic (exact) mass is 342 g/mol. The number of hydrogen-bond donors (Lipinski definition) is 0. The van der Waals surface area contributed by atoms with Gasteiger partial charge in [-0.3, -0.25) is 0 Å². The molecule has 1 fully saturated rings. The van der Waals surface area contributed by atoms with Crippen molar-refractivity contribution in [1.82, 2.24) is 20.1 Å². The van der Waals surface area contributed by atoms with E-state index in [-0.39, 0.29) is 11.7 Å². The first-order chi connectivity index (χ1) is 12.1. The number of fused-ring (bicyclic) bond motifs is 1. The molecule has 4 rings (SSSR count). The zero-order valence-corrected chi connectivity index (χ0v) is 14.2. The van der Waals surface area contributed by atoms with Gasteiger partial charge in [0.1, 0.15) is 23.5 Å².